The lowest BCUT2D eigenvalue weighted by atomic mass is 10.4. The topological polar surface area (TPSA) is 42.7 Å². The Bertz CT molecular complexity index is 261. The Kier molecular flexibility index (Phi) is 4.97. The highest BCUT2D eigenvalue weighted by Gasteiger charge is 2.03. The van der Waals surface area contributed by atoms with Gasteiger partial charge >= 0.3 is 0 Å². The Hall–Kier alpha value is -0.550. The molecule has 1 atom stereocenters. The smallest absolute Gasteiger partial charge is 0.140 e. The van der Waals surface area contributed by atoms with Crippen molar-refractivity contribution < 1.29 is 0 Å². The first-order chi connectivity index (χ1) is 6.74. The SMILES string of the molecule is CCSCC(C)NCc1ncnn1C. The van der Waals surface area contributed by atoms with Crippen molar-refractivity contribution in [2.45, 2.75) is 26.4 Å². The molecule has 0 bridgehead atoms. The fraction of sp³-hybridized carbons (Fsp3) is 0.778. The van der Waals surface area contributed by atoms with E-state index in [1.54, 1.807) is 11.0 Å². The molecular weight excluding hydrogens is 196 g/mol. The van der Waals surface area contributed by atoms with Crippen molar-refractivity contribution in [1.29, 1.82) is 0 Å². The molecule has 0 saturated heterocycles. The van der Waals surface area contributed by atoms with E-state index in [2.05, 4.69) is 29.2 Å². The molecule has 0 aliphatic heterocycles. The molecule has 0 aliphatic carbocycles. The van der Waals surface area contributed by atoms with Crippen LogP contribution in [0.15, 0.2) is 6.33 Å². The van der Waals surface area contributed by atoms with Crippen LogP contribution in [0.25, 0.3) is 0 Å². The number of thioether (sulfide) groups is 1. The molecule has 1 aromatic heterocycles. The molecule has 0 radical (unpaired) electrons. The second-order valence-corrected chi connectivity index (χ2v) is 4.56. The number of hydrogen-bond acceptors (Lipinski definition) is 4. The maximum atomic E-state index is 4.15. The molecule has 1 N–H and O–H groups in total. The summed E-state index contributed by atoms with van der Waals surface area (Å²) in [5.74, 6) is 3.31. The number of aryl methyl sites for hydroxylation is 1. The number of rotatable bonds is 6. The van der Waals surface area contributed by atoms with E-state index in [1.807, 2.05) is 18.8 Å². The van der Waals surface area contributed by atoms with Crippen LogP contribution >= 0.6 is 11.8 Å². The van der Waals surface area contributed by atoms with Gasteiger partial charge in [0, 0.05) is 18.8 Å². The molecule has 1 heterocycles. The number of nitrogens with zero attached hydrogens (tertiary/aromatic N) is 3. The predicted molar refractivity (Wildman–Crippen MR) is 60.3 cm³/mol. The largest absolute Gasteiger partial charge is 0.307 e. The zero-order valence-electron chi connectivity index (χ0n) is 9.03. The Balaban J connectivity index is 2.23. The van der Waals surface area contributed by atoms with Gasteiger partial charge in [-0.25, -0.2) is 4.98 Å². The zero-order chi connectivity index (χ0) is 10.4. The third-order valence-electron chi connectivity index (χ3n) is 1.99. The molecule has 80 valence electrons. The van der Waals surface area contributed by atoms with Crippen molar-refractivity contribution in [3.63, 3.8) is 0 Å². The molecule has 0 fully saturated rings. The average Bonchev–Trinajstić information content (AvgIpc) is 2.58. The molecule has 0 saturated carbocycles. The lowest BCUT2D eigenvalue weighted by molar-refractivity contribution is 0.556. The quantitative estimate of drug-likeness (QED) is 0.768. The molecule has 4 nitrogen and oxygen atoms in total. The first kappa shape index (κ1) is 11.5. The van der Waals surface area contributed by atoms with E-state index >= 15 is 0 Å². The van der Waals surface area contributed by atoms with Crippen molar-refractivity contribution in [2.75, 3.05) is 11.5 Å². The molecule has 0 spiro atoms. The first-order valence-corrected chi connectivity index (χ1v) is 6.03. The van der Waals surface area contributed by atoms with Crippen LogP contribution in [0, 0.1) is 0 Å². The van der Waals surface area contributed by atoms with Crippen LogP contribution in [0.3, 0.4) is 0 Å². The number of hydrogen-bond donors (Lipinski definition) is 1. The van der Waals surface area contributed by atoms with Gasteiger partial charge in [0.05, 0.1) is 6.54 Å². The van der Waals surface area contributed by atoms with E-state index in [-0.39, 0.29) is 0 Å². The Morgan fingerprint density at radius 2 is 2.43 bits per heavy atom. The summed E-state index contributed by atoms with van der Waals surface area (Å²) in [6, 6.07) is 0.525. The maximum absolute atomic E-state index is 4.15. The Morgan fingerprint density at radius 3 is 3.00 bits per heavy atom. The van der Waals surface area contributed by atoms with E-state index < -0.39 is 0 Å². The van der Waals surface area contributed by atoms with Crippen molar-refractivity contribution in [3.05, 3.63) is 12.2 Å². The van der Waals surface area contributed by atoms with E-state index in [0.717, 1.165) is 18.1 Å². The molecule has 0 aliphatic rings. The van der Waals surface area contributed by atoms with Gasteiger partial charge in [0.15, 0.2) is 0 Å². The summed E-state index contributed by atoms with van der Waals surface area (Å²) in [4.78, 5) is 4.15. The van der Waals surface area contributed by atoms with Gasteiger partial charge in [-0.2, -0.15) is 16.9 Å². The summed E-state index contributed by atoms with van der Waals surface area (Å²) in [6.07, 6.45) is 1.59. The van der Waals surface area contributed by atoms with E-state index in [4.69, 9.17) is 0 Å². The van der Waals surface area contributed by atoms with Gasteiger partial charge in [-0.05, 0) is 12.7 Å². The minimum Gasteiger partial charge on any atom is -0.307 e. The zero-order valence-corrected chi connectivity index (χ0v) is 9.84. The summed E-state index contributed by atoms with van der Waals surface area (Å²) < 4.78 is 1.80. The summed E-state index contributed by atoms with van der Waals surface area (Å²) >= 11 is 1.95. The minimum absolute atomic E-state index is 0.525. The van der Waals surface area contributed by atoms with Crippen LogP contribution < -0.4 is 5.32 Å². The first-order valence-electron chi connectivity index (χ1n) is 4.88. The fourth-order valence-electron chi connectivity index (χ4n) is 1.10. The summed E-state index contributed by atoms with van der Waals surface area (Å²) in [7, 11) is 1.91. The highest BCUT2D eigenvalue weighted by molar-refractivity contribution is 7.99. The molecule has 0 aromatic carbocycles. The van der Waals surface area contributed by atoms with Gasteiger partial charge < -0.3 is 5.32 Å². The van der Waals surface area contributed by atoms with Crippen LogP contribution in [0.4, 0.5) is 0 Å². The van der Waals surface area contributed by atoms with Gasteiger partial charge in [-0.15, -0.1) is 0 Å². The summed E-state index contributed by atoms with van der Waals surface area (Å²) in [6.45, 7) is 5.17. The molecule has 1 aromatic rings. The van der Waals surface area contributed by atoms with Gasteiger partial charge in [-0.3, -0.25) is 4.68 Å². The van der Waals surface area contributed by atoms with Gasteiger partial charge in [-0.1, -0.05) is 6.92 Å². The highest BCUT2D eigenvalue weighted by atomic mass is 32.2. The second kappa shape index (κ2) is 6.03. The third kappa shape index (κ3) is 3.67. The highest BCUT2D eigenvalue weighted by Crippen LogP contribution is 2.01. The molecule has 1 unspecified atom stereocenters. The lowest BCUT2D eigenvalue weighted by Gasteiger charge is -2.12. The maximum Gasteiger partial charge on any atom is 0.140 e. The molecule has 14 heavy (non-hydrogen) atoms. The predicted octanol–water partition coefficient (Wildman–Crippen LogP) is 1.05. The normalized spacial score (nSPS) is 13.1. The monoisotopic (exact) mass is 214 g/mol. The van der Waals surface area contributed by atoms with Crippen molar-refractivity contribution in [3.8, 4) is 0 Å². The third-order valence-corrected chi connectivity index (χ3v) is 3.13. The van der Waals surface area contributed by atoms with Crippen LogP contribution in [-0.2, 0) is 13.6 Å². The van der Waals surface area contributed by atoms with Crippen LogP contribution in [0.2, 0.25) is 0 Å². The van der Waals surface area contributed by atoms with Crippen molar-refractivity contribution in [1.82, 2.24) is 20.1 Å². The van der Waals surface area contributed by atoms with Crippen LogP contribution in [0.5, 0.6) is 0 Å². The van der Waals surface area contributed by atoms with Gasteiger partial charge in [0.25, 0.3) is 0 Å². The molecule has 1 rings (SSSR count). The molecular formula is C9H18N4S. The van der Waals surface area contributed by atoms with Crippen molar-refractivity contribution in [2.24, 2.45) is 7.05 Å². The Labute approximate surface area is 89.5 Å². The number of aromatic nitrogens is 3. The average molecular weight is 214 g/mol. The van der Waals surface area contributed by atoms with Crippen molar-refractivity contribution >= 4 is 11.8 Å². The van der Waals surface area contributed by atoms with Gasteiger partial charge in [0.1, 0.15) is 12.2 Å². The fourth-order valence-corrected chi connectivity index (χ4v) is 1.81. The Morgan fingerprint density at radius 1 is 1.64 bits per heavy atom. The standard InChI is InChI=1S/C9H18N4S/c1-4-14-6-8(2)10-5-9-11-7-12-13(9)3/h7-8,10H,4-6H2,1-3H3. The van der Waals surface area contributed by atoms with Crippen LogP contribution in [0.1, 0.15) is 19.7 Å². The minimum atomic E-state index is 0.525. The van der Waals surface area contributed by atoms with Gasteiger partial charge in [0.2, 0.25) is 0 Å². The summed E-state index contributed by atoms with van der Waals surface area (Å²) in [5, 5.41) is 7.43. The lowest BCUT2D eigenvalue weighted by Crippen LogP contribution is -2.29. The molecule has 5 heteroatoms. The van der Waals surface area contributed by atoms with E-state index in [1.165, 1.54) is 5.75 Å². The van der Waals surface area contributed by atoms with E-state index in [0.29, 0.717) is 6.04 Å². The van der Waals surface area contributed by atoms with E-state index in [9.17, 15) is 0 Å². The van der Waals surface area contributed by atoms with Crippen LogP contribution in [-0.4, -0.2) is 32.3 Å². The summed E-state index contributed by atoms with van der Waals surface area (Å²) in [5.41, 5.74) is 0. The molecule has 0 amide bonds. The second-order valence-electron chi connectivity index (χ2n) is 3.24. The number of nitrogens with one attached hydrogen (secondary N) is 1.